The summed E-state index contributed by atoms with van der Waals surface area (Å²) in [6.45, 7) is 1.24. The maximum absolute atomic E-state index is 11.9. The summed E-state index contributed by atoms with van der Waals surface area (Å²) in [6, 6.07) is 5.62. The Bertz CT molecular complexity index is 336. The molecule has 0 unspecified atom stereocenters. The molecule has 1 aromatic rings. The molecule has 0 aromatic heterocycles. The van der Waals surface area contributed by atoms with E-state index >= 15 is 0 Å². The number of rotatable bonds is 3. The maximum atomic E-state index is 11.9. The van der Waals surface area contributed by atoms with Crippen LogP contribution in [-0.2, 0) is 6.54 Å². The maximum Gasteiger partial charge on any atom is 0.401 e. The van der Waals surface area contributed by atoms with E-state index < -0.39 is 12.7 Å². The second kappa shape index (κ2) is 5.16. The molecular formula is C10H11F3IN. The average Bonchev–Trinajstić information content (AvgIpc) is 2.10. The third-order valence-electron chi connectivity index (χ3n) is 1.91. The van der Waals surface area contributed by atoms with Crippen molar-refractivity contribution < 1.29 is 13.2 Å². The molecule has 0 aliphatic rings. The van der Waals surface area contributed by atoms with Crippen LogP contribution in [0.1, 0.15) is 11.1 Å². The standard InChI is InChI=1S/C10H11F3IN/c1-7-3-2-4-8(9(7)14)5-15-6-10(11,12)13/h2-4,15H,5-6H2,1H3. The zero-order chi connectivity index (χ0) is 11.5. The Morgan fingerprint density at radius 2 is 2.00 bits per heavy atom. The van der Waals surface area contributed by atoms with Crippen molar-refractivity contribution >= 4 is 22.6 Å². The summed E-state index contributed by atoms with van der Waals surface area (Å²) in [7, 11) is 0. The zero-order valence-electron chi connectivity index (χ0n) is 8.16. The van der Waals surface area contributed by atoms with Gasteiger partial charge in [-0.25, -0.2) is 0 Å². The van der Waals surface area contributed by atoms with Crippen molar-refractivity contribution in [3.63, 3.8) is 0 Å². The number of aryl methyl sites for hydroxylation is 1. The molecule has 1 aromatic carbocycles. The first kappa shape index (κ1) is 12.8. The molecule has 84 valence electrons. The Labute approximate surface area is 100 Å². The van der Waals surface area contributed by atoms with E-state index in [9.17, 15) is 13.2 Å². The largest absolute Gasteiger partial charge is 0.401 e. The van der Waals surface area contributed by atoms with Crippen molar-refractivity contribution in [2.45, 2.75) is 19.6 Å². The van der Waals surface area contributed by atoms with E-state index in [0.717, 1.165) is 14.7 Å². The Hall–Kier alpha value is -0.300. The van der Waals surface area contributed by atoms with E-state index in [1.165, 1.54) is 0 Å². The van der Waals surface area contributed by atoms with Crippen LogP contribution in [0.5, 0.6) is 0 Å². The van der Waals surface area contributed by atoms with Crippen LogP contribution < -0.4 is 5.32 Å². The molecule has 0 aliphatic carbocycles. The summed E-state index contributed by atoms with van der Waals surface area (Å²) in [5.41, 5.74) is 1.99. The molecule has 0 spiro atoms. The van der Waals surface area contributed by atoms with Crippen molar-refractivity contribution in [3.05, 3.63) is 32.9 Å². The van der Waals surface area contributed by atoms with Crippen molar-refractivity contribution in [2.24, 2.45) is 0 Å². The van der Waals surface area contributed by atoms with Crippen LogP contribution in [0.15, 0.2) is 18.2 Å². The molecule has 0 saturated carbocycles. The number of halogens is 4. The monoisotopic (exact) mass is 329 g/mol. The smallest absolute Gasteiger partial charge is 0.305 e. The predicted molar refractivity (Wildman–Crippen MR) is 61.7 cm³/mol. The molecule has 0 amide bonds. The van der Waals surface area contributed by atoms with E-state index in [4.69, 9.17) is 0 Å². The van der Waals surface area contributed by atoms with Gasteiger partial charge in [0.25, 0.3) is 0 Å². The summed E-state index contributed by atoms with van der Waals surface area (Å²) >= 11 is 2.14. The molecule has 15 heavy (non-hydrogen) atoms. The van der Waals surface area contributed by atoms with E-state index in [2.05, 4.69) is 27.9 Å². The molecule has 0 radical (unpaired) electrons. The highest BCUT2D eigenvalue weighted by molar-refractivity contribution is 14.1. The lowest BCUT2D eigenvalue weighted by molar-refractivity contribution is -0.125. The Morgan fingerprint density at radius 3 is 2.60 bits per heavy atom. The Balaban J connectivity index is 2.55. The Morgan fingerprint density at radius 1 is 1.33 bits per heavy atom. The first-order valence-corrected chi connectivity index (χ1v) is 5.49. The molecule has 5 heteroatoms. The summed E-state index contributed by atoms with van der Waals surface area (Å²) in [5.74, 6) is 0. The van der Waals surface area contributed by atoms with Gasteiger partial charge in [0.05, 0.1) is 6.54 Å². The van der Waals surface area contributed by atoms with E-state index in [0.29, 0.717) is 0 Å². The fourth-order valence-electron chi connectivity index (χ4n) is 1.18. The van der Waals surface area contributed by atoms with Crippen molar-refractivity contribution in [1.29, 1.82) is 0 Å². The third-order valence-corrected chi connectivity index (χ3v) is 3.46. The molecule has 0 saturated heterocycles. The number of nitrogens with one attached hydrogen (secondary N) is 1. The topological polar surface area (TPSA) is 12.0 Å². The summed E-state index contributed by atoms with van der Waals surface area (Å²) in [5, 5.41) is 2.38. The quantitative estimate of drug-likeness (QED) is 0.840. The molecule has 0 atom stereocenters. The van der Waals surface area contributed by atoms with Crippen LogP contribution in [0.2, 0.25) is 0 Å². The number of alkyl halides is 3. The zero-order valence-corrected chi connectivity index (χ0v) is 10.3. The van der Waals surface area contributed by atoms with Crippen molar-refractivity contribution in [2.75, 3.05) is 6.54 Å². The van der Waals surface area contributed by atoms with Crippen LogP contribution in [0, 0.1) is 10.5 Å². The molecule has 1 rings (SSSR count). The van der Waals surface area contributed by atoms with Crippen LogP contribution >= 0.6 is 22.6 Å². The molecule has 0 aliphatic heterocycles. The van der Waals surface area contributed by atoms with Gasteiger partial charge in [-0.2, -0.15) is 13.2 Å². The van der Waals surface area contributed by atoms with Gasteiger partial charge in [-0.3, -0.25) is 0 Å². The van der Waals surface area contributed by atoms with E-state index in [1.54, 1.807) is 0 Å². The lowest BCUT2D eigenvalue weighted by atomic mass is 10.1. The number of hydrogen-bond acceptors (Lipinski definition) is 1. The van der Waals surface area contributed by atoms with E-state index in [-0.39, 0.29) is 6.54 Å². The lowest BCUT2D eigenvalue weighted by Gasteiger charge is -2.10. The van der Waals surface area contributed by atoms with Crippen LogP contribution in [0.3, 0.4) is 0 Å². The van der Waals surface area contributed by atoms with Crippen molar-refractivity contribution in [3.8, 4) is 0 Å². The van der Waals surface area contributed by atoms with Gasteiger partial charge in [0.1, 0.15) is 0 Å². The van der Waals surface area contributed by atoms with Gasteiger partial charge in [-0.1, -0.05) is 18.2 Å². The molecule has 0 heterocycles. The molecule has 1 nitrogen and oxygen atoms in total. The Kier molecular flexibility index (Phi) is 4.39. The van der Waals surface area contributed by atoms with Gasteiger partial charge >= 0.3 is 6.18 Å². The molecule has 0 fully saturated rings. The summed E-state index contributed by atoms with van der Waals surface area (Å²) < 4.78 is 36.6. The highest BCUT2D eigenvalue weighted by atomic mass is 127. The lowest BCUT2D eigenvalue weighted by Crippen LogP contribution is -2.28. The normalized spacial score (nSPS) is 11.8. The van der Waals surface area contributed by atoms with Gasteiger partial charge in [-0.15, -0.1) is 0 Å². The van der Waals surface area contributed by atoms with Crippen LogP contribution in [0.4, 0.5) is 13.2 Å². The minimum atomic E-state index is -4.14. The van der Waals surface area contributed by atoms with E-state index in [1.807, 2.05) is 25.1 Å². The SMILES string of the molecule is Cc1cccc(CNCC(F)(F)F)c1I. The first-order chi connectivity index (χ1) is 6.90. The molecule has 1 N–H and O–H groups in total. The summed E-state index contributed by atoms with van der Waals surface area (Å²) in [6.07, 6.45) is -4.14. The van der Waals surface area contributed by atoms with Crippen molar-refractivity contribution in [1.82, 2.24) is 5.32 Å². The second-order valence-corrected chi connectivity index (χ2v) is 4.35. The number of hydrogen-bond donors (Lipinski definition) is 1. The van der Waals surface area contributed by atoms with Gasteiger partial charge in [0, 0.05) is 10.1 Å². The minimum absolute atomic E-state index is 0.249. The van der Waals surface area contributed by atoms with Gasteiger partial charge in [-0.05, 0) is 40.6 Å². The molecule has 0 bridgehead atoms. The average molecular weight is 329 g/mol. The fraction of sp³-hybridized carbons (Fsp3) is 0.400. The van der Waals surface area contributed by atoms with Gasteiger partial charge in [0.2, 0.25) is 0 Å². The predicted octanol–water partition coefficient (Wildman–Crippen LogP) is 3.25. The summed E-state index contributed by atoms with van der Waals surface area (Å²) in [4.78, 5) is 0. The first-order valence-electron chi connectivity index (χ1n) is 4.41. The molecular weight excluding hydrogens is 318 g/mol. The minimum Gasteiger partial charge on any atom is -0.305 e. The van der Waals surface area contributed by atoms with Crippen LogP contribution in [-0.4, -0.2) is 12.7 Å². The van der Waals surface area contributed by atoms with Gasteiger partial charge in [0.15, 0.2) is 0 Å². The fourth-order valence-corrected chi connectivity index (χ4v) is 1.73. The highest BCUT2D eigenvalue weighted by Crippen LogP contribution is 2.17. The second-order valence-electron chi connectivity index (χ2n) is 3.27. The highest BCUT2D eigenvalue weighted by Gasteiger charge is 2.26. The van der Waals surface area contributed by atoms with Gasteiger partial charge < -0.3 is 5.32 Å². The third kappa shape index (κ3) is 4.38. The van der Waals surface area contributed by atoms with Crippen LogP contribution in [0.25, 0.3) is 0 Å². The number of benzene rings is 1.